The van der Waals surface area contributed by atoms with E-state index < -0.39 is 0 Å². The van der Waals surface area contributed by atoms with Gasteiger partial charge < -0.3 is 15.0 Å². The van der Waals surface area contributed by atoms with Crippen molar-refractivity contribution in [1.82, 2.24) is 19.6 Å². The van der Waals surface area contributed by atoms with Crippen LogP contribution in [0.2, 0.25) is 0 Å². The average molecular weight is 386 g/mol. The van der Waals surface area contributed by atoms with E-state index in [0.717, 1.165) is 49.1 Å². The molecule has 1 fully saturated rings. The van der Waals surface area contributed by atoms with Crippen molar-refractivity contribution in [2.75, 3.05) is 36.5 Å². The lowest BCUT2D eigenvalue weighted by Crippen LogP contribution is -2.36. The normalized spacial score (nSPS) is 14.3. The predicted octanol–water partition coefficient (Wildman–Crippen LogP) is 3.68. The number of aromatic nitrogens is 4. The molecule has 0 spiro atoms. The molecule has 0 bridgehead atoms. The lowest BCUT2D eigenvalue weighted by Gasteiger charge is -2.28. The van der Waals surface area contributed by atoms with Crippen molar-refractivity contribution in [3.05, 3.63) is 66.5 Å². The lowest BCUT2D eigenvalue weighted by atomic mass is 10.1. The number of fused-ring (bicyclic) bond motifs is 1. The summed E-state index contributed by atoms with van der Waals surface area (Å²) in [5.74, 6) is 1.30. The van der Waals surface area contributed by atoms with E-state index in [4.69, 9.17) is 4.74 Å². The van der Waals surface area contributed by atoms with Gasteiger partial charge in [-0.05, 0) is 37.3 Å². The van der Waals surface area contributed by atoms with Crippen LogP contribution in [0.3, 0.4) is 0 Å². The van der Waals surface area contributed by atoms with Crippen molar-refractivity contribution in [1.29, 1.82) is 0 Å². The monoisotopic (exact) mass is 386 g/mol. The van der Waals surface area contributed by atoms with Gasteiger partial charge in [0.05, 0.1) is 18.9 Å². The Morgan fingerprint density at radius 2 is 1.83 bits per heavy atom. The van der Waals surface area contributed by atoms with Crippen LogP contribution in [-0.2, 0) is 4.74 Å². The molecule has 7 nitrogen and oxygen atoms in total. The predicted molar refractivity (Wildman–Crippen MR) is 114 cm³/mol. The quantitative estimate of drug-likeness (QED) is 0.577. The Hall–Kier alpha value is -3.45. The third kappa shape index (κ3) is 3.64. The summed E-state index contributed by atoms with van der Waals surface area (Å²) in [7, 11) is 0. The van der Waals surface area contributed by atoms with E-state index >= 15 is 0 Å². The third-order valence-electron chi connectivity index (χ3n) is 5.08. The summed E-state index contributed by atoms with van der Waals surface area (Å²) in [5, 5.41) is 7.74. The second kappa shape index (κ2) is 7.52. The number of nitrogens with zero attached hydrogens (tertiary/aromatic N) is 5. The van der Waals surface area contributed by atoms with Gasteiger partial charge in [-0.15, -0.1) is 0 Å². The zero-order chi connectivity index (χ0) is 19.6. The fourth-order valence-corrected chi connectivity index (χ4v) is 3.61. The molecule has 1 N–H and O–H groups in total. The maximum Gasteiger partial charge on any atom is 0.254 e. The molecule has 5 rings (SSSR count). The minimum atomic E-state index is 0.566. The maximum atomic E-state index is 5.43. The van der Waals surface area contributed by atoms with E-state index in [2.05, 4.69) is 74.7 Å². The minimum absolute atomic E-state index is 0.566. The molecular formula is C22H22N6O. The van der Waals surface area contributed by atoms with E-state index in [1.807, 2.05) is 12.1 Å². The highest BCUT2D eigenvalue weighted by Crippen LogP contribution is 2.26. The van der Waals surface area contributed by atoms with Crippen LogP contribution in [0.5, 0.6) is 0 Å². The Bertz CT molecular complexity index is 1130. The van der Waals surface area contributed by atoms with E-state index in [-0.39, 0.29) is 0 Å². The number of morpholine rings is 1. The number of hydrogen-bond donors (Lipinski definition) is 1. The van der Waals surface area contributed by atoms with Gasteiger partial charge in [-0.1, -0.05) is 23.8 Å². The Kier molecular flexibility index (Phi) is 4.57. The first-order chi connectivity index (χ1) is 14.3. The molecular weight excluding hydrogens is 364 g/mol. The molecule has 2 aromatic heterocycles. The topological polar surface area (TPSA) is 67.6 Å². The van der Waals surface area contributed by atoms with Crippen molar-refractivity contribution in [3.8, 4) is 11.3 Å². The molecule has 0 atom stereocenters. The first-order valence-corrected chi connectivity index (χ1v) is 9.74. The van der Waals surface area contributed by atoms with Crippen molar-refractivity contribution >= 4 is 23.0 Å². The van der Waals surface area contributed by atoms with Gasteiger partial charge in [-0.3, -0.25) is 0 Å². The minimum Gasteiger partial charge on any atom is -0.378 e. The standard InChI is InChI=1S/C22H22N6O/c1-16-3-2-4-17(13-16)20-14-21(26-22-23-15-24-28(20)22)25-18-5-7-19(8-6-18)27-9-11-29-12-10-27/h2-8,13-15H,9-12H2,1H3,(H,23,24,25,26). The van der Waals surface area contributed by atoms with Gasteiger partial charge in [0.25, 0.3) is 5.78 Å². The highest BCUT2D eigenvalue weighted by atomic mass is 16.5. The average Bonchev–Trinajstić information content (AvgIpc) is 3.23. The van der Waals surface area contributed by atoms with Crippen LogP contribution in [0.15, 0.2) is 60.9 Å². The molecule has 0 aliphatic carbocycles. The molecule has 1 aliphatic heterocycles. The molecule has 1 saturated heterocycles. The maximum absolute atomic E-state index is 5.43. The number of aryl methyl sites for hydroxylation is 1. The van der Waals surface area contributed by atoms with Crippen LogP contribution in [0, 0.1) is 6.92 Å². The van der Waals surface area contributed by atoms with Crippen molar-refractivity contribution in [2.45, 2.75) is 6.92 Å². The summed E-state index contributed by atoms with van der Waals surface area (Å²) in [6.45, 7) is 5.50. The highest BCUT2D eigenvalue weighted by molar-refractivity contribution is 5.69. The van der Waals surface area contributed by atoms with Gasteiger partial charge in [-0.25, -0.2) is 0 Å². The van der Waals surface area contributed by atoms with Crippen molar-refractivity contribution < 1.29 is 4.74 Å². The number of rotatable bonds is 4. The summed E-state index contributed by atoms with van der Waals surface area (Å²) >= 11 is 0. The highest BCUT2D eigenvalue weighted by Gasteiger charge is 2.12. The van der Waals surface area contributed by atoms with Crippen LogP contribution >= 0.6 is 0 Å². The molecule has 0 radical (unpaired) electrons. The van der Waals surface area contributed by atoms with Gasteiger partial charge in [0, 0.05) is 36.1 Å². The van der Waals surface area contributed by atoms with Crippen molar-refractivity contribution in [2.24, 2.45) is 0 Å². The van der Waals surface area contributed by atoms with Gasteiger partial charge in [-0.2, -0.15) is 19.6 Å². The number of nitrogens with one attached hydrogen (secondary N) is 1. The number of benzene rings is 2. The summed E-state index contributed by atoms with van der Waals surface area (Å²) < 4.78 is 7.20. The summed E-state index contributed by atoms with van der Waals surface area (Å²) in [6.07, 6.45) is 1.53. The molecule has 29 heavy (non-hydrogen) atoms. The van der Waals surface area contributed by atoms with Crippen LogP contribution in [0.4, 0.5) is 17.2 Å². The number of anilines is 3. The van der Waals surface area contributed by atoms with Crippen LogP contribution in [0.1, 0.15) is 5.56 Å². The summed E-state index contributed by atoms with van der Waals surface area (Å²) in [6, 6.07) is 18.8. The van der Waals surface area contributed by atoms with Gasteiger partial charge in [0.15, 0.2) is 0 Å². The fourth-order valence-electron chi connectivity index (χ4n) is 3.61. The molecule has 4 aromatic rings. The van der Waals surface area contributed by atoms with Gasteiger partial charge in [0.1, 0.15) is 12.1 Å². The van der Waals surface area contributed by atoms with Crippen LogP contribution in [-0.4, -0.2) is 45.9 Å². The third-order valence-corrected chi connectivity index (χ3v) is 5.08. The largest absolute Gasteiger partial charge is 0.378 e. The molecule has 1 aliphatic rings. The van der Waals surface area contributed by atoms with Gasteiger partial charge in [0.2, 0.25) is 0 Å². The zero-order valence-corrected chi connectivity index (χ0v) is 16.2. The number of ether oxygens (including phenoxy) is 1. The van der Waals surface area contributed by atoms with E-state index in [1.165, 1.54) is 17.6 Å². The molecule has 2 aromatic carbocycles. The van der Waals surface area contributed by atoms with E-state index in [9.17, 15) is 0 Å². The zero-order valence-electron chi connectivity index (χ0n) is 16.2. The Balaban J connectivity index is 1.45. The Morgan fingerprint density at radius 1 is 1.00 bits per heavy atom. The summed E-state index contributed by atoms with van der Waals surface area (Å²) in [5.41, 5.74) is 5.41. The lowest BCUT2D eigenvalue weighted by molar-refractivity contribution is 0.122. The molecule has 146 valence electrons. The molecule has 0 unspecified atom stereocenters. The fraction of sp³-hybridized carbons (Fsp3) is 0.227. The van der Waals surface area contributed by atoms with E-state index in [1.54, 1.807) is 4.52 Å². The molecule has 7 heteroatoms. The summed E-state index contributed by atoms with van der Waals surface area (Å²) in [4.78, 5) is 11.2. The SMILES string of the molecule is Cc1cccc(-c2cc(Nc3ccc(N4CCOCC4)cc3)nc3ncnn23)c1. The Morgan fingerprint density at radius 3 is 2.62 bits per heavy atom. The van der Waals surface area contributed by atoms with Gasteiger partial charge >= 0.3 is 0 Å². The second-order valence-corrected chi connectivity index (χ2v) is 7.14. The smallest absolute Gasteiger partial charge is 0.254 e. The molecule has 0 saturated carbocycles. The van der Waals surface area contributed by atoms with Crippen LogP contribution < -0.4 is 10.2 Å². The number of hydrogen-bond acceptors (Lipinski definition) is 6. The first-order valence-electron chi connectivity index (χ1n) is 9.74. The first kappa shape index (κ1) is 17.6. The van der Waals surface area contributed by atoms with Crippen LogP contribution in [0.25, 0.3) is 17.0 Å². The van der Waals surface area contributed by atoms with E-state index in [0.29, 0.717) is 5.78 Å². The second-order valence-electron chi connectivity index (χ2n) is 7.14. The molecule has 3 heterocycles. The Labute approximate surface area is 169 Å². The molecule has 0 amide bonds. The van der Waals surface area contributed by atoms with Crippen molar-refractivity contribution in [3.63, 3.8) is 0 Å².